The molecule has 0 fully saturated rings. The third kappa shape index (κ3) is 3.42. The number of carbonyl (C=O) groups is 1. The third-order valence-electron chi connectivity index (χ3n) is 2.42. The van der Waals surface area contributed by atoms with Crippen LogP contribution in [0.15, 0.2) is 18.2 Å². The molecule has 98 valence electrons. The quantitative estimate of drug-likeness (QED) is 0.583. The Hall–Kier alpha value is -2.15. The van der Waals surface area contributed by atoms with Crippen molar-refractivity contribution in [3.8, 4) is 5.75 Å². The van der Waals surface area contributed by atoms with Crippen LogP contribution in [-0.2, 0) is 11.3 Å². The SMILES string of the molecule is COc1ccc(CN[C@@H](C)C(=O)O)cc1[N+](=O)[O-]. The summed E-state index contributed by atoms with van der Waals surface area (Å²) in [6, 6.07) is 3.78. The van der Waals surface area contributed by atoms with Crippen molar-refractivity contribution in [1.82, 2.24) is 5.32 Å². The average Bonchev–Trinajstić information content (AvgIpc) is 2.35. The zero-order chi connectivity index (χ0) is 13.7. The second-order valence-electron chi connectivity index (χ2n) is 3.70. The van der Waals surface area contributed by atoms with Gasteiger partial charge in [-0.25, -0.2) is 0 Å². The Labute approximate surface area is 104 Å². The van der Waals surface area contributed by atoms with Crippen LogP contribution in [0.4, 0.5) is 5.69 Å². The molecule has 0 aliphatic rings. The van der Waals surface area contributed by atoms with E-state index in [1.165, 1.54) is 26.2 Å². The van der Waals surface area contributed by atoms with Gasteiger partial charge in [-0.2, -0.15) is 0 Å². The lowest BCUT2D eigenvalue weighted by molar-refractivity contribution is -0.385. The Morgan fingerprint density at radius 1 is 1.61 bits per heavy atom. The molecule has 0 radical (unpaired) electrons. The van der Waals surface area contributed by atoms with Gasteiger partial charge in [-0.15, -0.1) is 0 Å². The van der Waals surface area contributed by atoms with Gasteiger partial charge < -0.3 is 15.2 Å². The minimum Gasteiger partial charge on any atom is -0.490 e. The molecule has 0 saturated carbocycles. The van der Waals surface area contributed by atoms with Crippen molar-refractivity contribution in [2.75, 3.05) is 7.11 Å². The van der Waals surface area contributed by atoms with E-state index in [2.05, 4.69) is 5.32 Å². The molecule has 1 aromatic carbocycles. The van der Waals surface area contributed by atoms with Crippen LogP contribution in [-0.4, -0.2) is 29.2 Å². The predicted octanol–water partition coefficient (Wildman–Crippen LogP) is 1.17. The molecule has 1 aromatic rings. The molecule has 0 heterocycles. The Morgan fingerprint density at radius 2 is 2.28 bits per heavy atom. The number of ether oxygens (including phenoxy) is 1. The number of hydrogen-bond donors (Lipinski definition) is 2. The van der Waals surface area contributed by atoms with Crippen molar-refractivity contribution in [2.24, 2.45) is 0 Å². The van der Waals surface area contributed by atoms with Crippen molar-refractivity contribution >= 4 is 11.7 Å². The molecule has 0 unspecified atom stereocenters. The maximum absolute atomic E-state index is 10.8. The first-order valence-electron chi connectivity index (χ1n) is 5.23. The molecular weight excluding hydrogens is 240 g/mol. The first-order chi connectivity index (χ1) is 8.45. The molecule has 0 aliphatic carbocycles. The minimum atomic E-state index is -0.974. The van der Waals surface area contributed by atoms with Gasteiger partial charge in [0.1, 0.15) is 6.04 Å². The highest BCUT2D eigenvalue weighted by atomic mass is 16.6. The van der Waals surface area contributed by atoms with Crippen LogP contribution in [0.3, 0.4) is 0 Å². The lowest BCUT2D eigenvalue weighted by Gasteiger charge is -2.09. The topological polar surface area (TPSA) is 102 Å². The van der Waals surface area contributed by atoms with Crippen molar-refractivity contribution in [3.05, 3.63) is 33.9 Å². The monoisotopic (exact) mass is 254 g/mol. The molecule has 7 nitrogen and oxygen atoms in total. The lowest BCUT2D eigenvalue weighted by Crippen LogP contribution is -2.33. The van der Waals surface area contributed by atoms with E-state index in [4.69, 9.17) is 9.84 Å². The van der Waals surface area contributed by atoms with Gasteiger partial charge in [0.15, 0.2) is 5.75 Å². The first kappa shape index (κ1) is 13.9. The highest BCUT2D eigenvalue weighted by Gasteiger charge is 2.16. The molecular formula is C11H14N2O5. The van der Waals surface area contributed by atoms with E-state index in [-0.39, 0.29) is 18.0 Å². The number of nitrogens with zero attached hydrogens (tertiary/aromatic N) is 1. The smallest absolute Gasteiger partial charge is 0.320 e. The molecule has 0 bridgehead atoms. The summed E-state index contributed by atoms with van der Waals surface area (Å²) in [7, 11) is 1.35. The van der Waals surface area contributed by atoms with Crippen molar-refractivity contribution in [3.63, 3.8) is 0 Å². The Balaban J connectivity index is 2.82. The molecule has 1 atom stereocenters. The number of nitrogens with one attached hydrogen (secondary N) is 1. The molecule has 2 N–H and O–H groups in total. The summed E-state index contributed by atoms with van der Waals surface area (Å²) in [6.07, 6.45) is 0. The third-order valence-corrected chi connectivity index (χ3v) is 2.42. The molecule has 0 spiro atoms. The van der Waals surface area contributed by atoms with Gasteiger partial charge in [-0.1, -0.05) is 6.07 Å². The number of hydrogen-bond acceptors (Lipinski definition) is 5. The van der Waals surface area contributed by atoms with E-state index in [0.29, 0.717) is 5.56 Å². The first-order valence-corrected chi connectivity index (χ1v) is 5.23. The summed E-state index contributed by atoms with van der Waals surface area (Å²) in [5.74, 6) is -0.798. The van der Waals surface area contributed by atoms with Gasteiger partial charge in [-0.05, 0) is 18.6 Å². The normalized spacial score (nSPS) is 11.9. The second-order valence-corrected chi connectivity index (χ2v) is 3.70. The van der Waals surface area contributed by atoms with Gasteiger partial charge >= 0.3 is 11.7 Å². The molecule has 18 heavy (non-hydrogen) atoms. The standard InChI is InChI=1S/C11H14N2O5/c1-7(11(14)15)12-6-8-3-4-10(18-2)9(5-8)13(16)17/h3-5,7,12H,6H2,1-2H3,(H,14,15)/t7-/m0/s1. The molecule has 0 saturated heterocycles. The summed E-state index contributed by atoms with van der Waals surface area (Å²) >= 11 is 0. The van der Waals surface area contributed by atoms with E-state index in [9.17, 15) is 14.9 Å². The second kappa shape index (κ2) is 5.97. The van der Waals surface area contributed by atoms with E-state index >= 15 is 0 Å². The molecule has 0 amide bonds. The summed E-state index contributed by atoms with van der Waals surface area (Å²) < 4.78 is 4.87. The van der Waals surface area contributed by atoms with Crippen molar-refractivity contribution in [2.45, 2.75) is 19.5 Å². The van der Waals surface area contributed by atoms with E-state index < -0.39 is 16.9 Å². The van der Waals surface area contributed by atoms with Crippen LogP contribution in [0.1, 0.15) is 12.5 Å². The Bertz CT molecular complexity index is 461. The van der Waals surface area contributed by atoms with Gasteiger partial charge in [0.25, 0.3) is 0 Å². The molecule has 0 aromatic heterocycles. The number of carboxylic acid groups (broad SMARTS) is 1. The fourth-order valence-corrected chi connectivity index (χ4v) is 1.35. The zero-order valence-electron chi connectivity index (χ0n) is 10.0. The van der Waals surface area contributed by atoms with E-state index in [0.717, 1.165) is 0 Å². The summed E-state index contributed by atoms with van der Waals surface area (Å²) in [4.78, 5) is 20.9. The van der Waals surface area contributed by atoms with E-state index in [1.807, 2.05) is 0 Å². The molecule has 0 aliphatic heterocycles. The predicted molar refractivity (Wildman–Crippen MR) is 63.6 cm³/mol. The van der Waals surface area contributed by atoms with Crippen LogP contribution in [0.5, 0.6) is 5.75 Å². The number of nitro groups is 1. The fourth-order valence-electron chi connectivity index (χ4n) is 1.35. The van der Waals surface area contributed by atoms with Crippen LogP contribution >= 0.6 is 0 Å². The van der Waals surface area contributed by atoms with Crippen LogP contribution in [0.25, 0.3) is 0 Å². The molecule has 7 heteroatoms. The summed E-state index contributed by atoms with van der Waals surface area (Å²) in [5, 5.41) is 22.2. The summed E-state index contributed by atoms with van der Waals surface area (Å²) in [6.45, 7) is 1.73. The van der Waals surface area contributed by atoms with Gasteiger partial charge in [0.2, 0.25) is 0 Å². The number of methoxy groups -OCH3 is 1. The lowest BCUT2D eigenvalue weighted by atomic mass is 10.1. The molecule has 1 rings (SSSR count). The maximum atomic E-state index is 10.8. The maximum Gasteiger partial charge on any atom is 0.320 e. The Morgan fingerprint density at radius 3 is 2.78 bits per heavy atom. The average molecular weight is 254 g/mol. The van der Waals surface area contributed by atoms with Crippen LogP contribution in [0.2, 0.25) is 0 Å². The van der Waals surface area contributed by atoms with Crippen molar-refractivity contribution in [1.29, 1.82) is 0 Å². The number of carboxylic acids is 1. The number of nitro benzene ring substituents is 1. The fraction of sp³-hybridized carbons (Fsp3) is 0.364. The van der Waals surface area contributed by atoms with E-state index in [1.54, 1.807) is 6.07 Å². The highest BCUT2D eigenvalue weighted by Crippen LogP contribution is 2.27. The summed E-state index contributed by atoms with van der Waals surface area (Å²) in [5.41, 5.74) is 0.482. The highest BCUT2D eigenvalue weighted by molar-refractivity contribution is 5.72. The zero-order valence-corrected chi connectivity index (χ0v) is 10.0. The van der Waals surface area contributed by atoms with Crippen molar-refractivity contribution < 1.29 is 19.6 Å². The number of aliphatic carboxylic acids is 1. The number of benzene rings is 1. The number of rotatable bonds is 6. The largest absolute Gasteiger partial charge is 0.490 e. The Kier molecular flexibility index (Phi) is 4.61. The van der Waals surface area contributed by atoms with Crippen LogP contribution < -0.4 is 10.1 Å². The van der Waals surface area contributed by atoms with Gasteiger partial charge in [0.05, 0.1) is 12.0 Å². The van der Waals surface area contributed by atoms with Gasteiger partial charge in [0, 0.05) is 12.6 Å². The minimum absolute atomic E-state index is 0.139. The van der Waals surface area contributed by atoms with Crippen LogP contribution in [0, 0.1) is 10.1 Å². The van der Waals surface area contributed by atoms with Gasteiger partial charge in [-0.3, -0.25) is 14.9 Å².